The first-order valence-electron chi connectivity index (χ1n) is 7.92. The molecule has 3 rings (SSSR count). The maximum absolute atomic E-state index is 7.77. The van der Waals surface area contributed by atoms with Crippen molar-refractivity contribution in [1.29, 1.82) is 5.41 Å². The number of nitrogens with zero attached hydrogens (tertiary/aromatic N) is 1. The number of nitrogen functional groups attached to an aromatic ring is 1. The van der Waals surface area contributed by atoms with Crippen LogP contribution in [0.5, 0.6) is 0 Å². The largest absolute Gasteiger partial charge is 0.384 e. The van der Waals surface area contributed by atoms with Gasteiger partial charge in [0, 0.05) is 30.9 Å². The normalized spacial score (nSPS) is 24.1. The van der Waals surface area contributed by atoms with E-state index in [0.717, 1.165) is 30.7 Å². The van der Waals surface area contributed by atoms with E-state index in [1.807, 2.05) is 18.2 Å². The Labute approximate surface area is 126 Å². The molecule has 4 heteroatoms. The zero-order valence-electron chi connectivity index (χ0n) is 12.8. The lowest BCUT2D eigenvalue weighted by atomic mass is 9.88. The van der Waals surface area contributed by atoms with Crippen molar-refractivity contribution in [3.63, 3.8) is 0 Å². The molecule has 114 valence electrons. The molecule has 1 spiro atoms. The predicted molar refractivity (Wildman–Crippen MR) is 86.0 cm³/mol. The van der Waals surface area contributed by atoms with Crippen molar-refractivity contribution < 1.29 is 4.74 Å². The molecule has 0 bridgehead atoms. The van der Waals surface area contributed by atoms with Gasteiger partial charge in [-0.3, -0.25) is 5.41 Å². The van der Waals surface area contributed by atoms with E-state index in [-0.39, 0.29) is 11.4 Å². The molecule has 21 heavy (non-hydrogen) atoms. The molecule has 1 saturated heterocycles. The Morgan fingerprint density at radius 1 is 1.33 bits per heavy atom. The number of rotatable bonds is 3. The van der Waals surface area contributed by atoms with Gasteiger partial charge in [0.2, 0.25) is 0 Å². The summed E-state index contributed by atoms with van der Waals surface area (Å²) in [6.45, 7) is 0.844. The first-order chi connectivity index (χ1) is 10.1. The van der Waals surface area contributed by atoms with Crippen molar-refractivity contribution in [1.82, 2.24) is 0 Å². The van der Waals surface area contributed by atoms with Crippen molar-refractivity contribution in [2.75, 3.05) is 18.6 Å². The van der Waals surface area contributed by atoms with Gasteiger partial charge in [0.1, 0.15) is 5.84 Å². The lowest BCUT2D eigenvalue weighted by Gasteiger charge is -2.43. The van der Waals surface area contributed by atoms with E-state index < -0.39 is 0 Å². The van der Waals surface area contributed by atoms with Gasteiger partial charge >= 0.3 is 0 Å². The summed E-state index contributed by atoms with van der Waals surface area (Å²) in [5.41, 5.74) is 7.73. The molecular formula is C17H25N3O. The average Bonchev–Trinajstić information content (AvgIpc) is 2.94. The first-order valence-corrected chi connectivity index (χ1v) is 7.92. The first kappa shape index (κ1) is 14.4. The maximum Gasteiger partial charge on any atom is 0.124 e. The SMILES string of the molecule is CN(c1ccccc1C(=N)N)C1CCOC2(CCCC2)C1. The Balaban J connectivity index is 1.81. The van der Waals surface area contributed by atoms with E-state index >= 15 is 0 Å². The summed E-state index contributed by atoms with van der Waals surface area (Å²) in [7, 11) is 2.13. The molecule has 3 N–H and O–H groups in total. The molecule has 1 aromatic carbocycles. The number of ether oxygens (including phenoxy) is 1. The van der Waals surface area contributed by atoms with E-state index in [2.05, 4.69) is 18.0 Å². The highest BCUT2D eigenvalue weighted by Crippen LogP contribution is 2.41. The van der Waals surface area contributed by atoms with Gasteiger partial charge in [0.15, 0.2) is 0 Å². The highest BCUT2D eigenvalue weighted by molar-refractivity contribution is 6.00. The van der Waals surface area contributed by atoms with Gasteiger partial charge in [-0.2, -0.15) is 0 Å². The van der Waals surface area contributed by atoms with Gasteiger partial charge in [-0.25, -0.2) is 0 Å². The summed E-state index contributed by atoms with van der Waals surface area (Å²) in [6.07, 6.45) is 7.12. The molecule has 1 aliphatic heterocycles. The zero-order valence-corrected chi connectivity index (χ0v) is 12.8. The summed E-state index contributed by atoms with van der Waals surface area (Å²) in [4.78, 5) is 2.30. The number of nitrogens with one attached hydrogen (secondary N) is 1. The van der Waals surface area contributed by atoms with Gasteiger partial charge in [-0.1, -0.05) is 25.0 Å². The number of hydrogen-bond donors (Lipinski definition) is 2. The van der Waals surface area contributed by atoms with Crippen molar-refractivity contribution in [2.45, 2.75) is 50.2 Å². The van der Waals surface area contributed by atoms with Crippen LogP contribution in [0.25, 0.3) is 0 Å². The van der Waals surface area contributed by atoms with Crippen LogP contribution in [-0.2, 0) is 4.74 Å². The molecule has 2 aliphatic rings. The Bertz CT molecular complexity index is 523. The van der Waals surface area contributed by atoms with Crippen LogP contribution in [-0.4, -0.2) is 31.1 Å². The smallest absolute Gasteiger partial charge is 0.124 e. The second-order valence-corrected chi connectivity index (χ2v) is 6.43. The molecule has 4 nitrogen and oxygen atoms in total. The molecular weight excluding hydrogens is 262 g/mol. The maximum atomic E-state index is 7.77. The van der Waals surface area contributed by atoms with Gasteiger partial charge in [0.05, 0.1) is 5.60 Å². The molecule has 0 amide bonds. The minimum Gasteiger partial charge on any atom is -0.384 e. The summed E-state index contributed by atoms with van der Waals surface area (Å²) < 4.78 is 6.13. The average molecular weight is 287 g/mol. The zero-order chi connectivity index (χ0) is 14.9. The number of benzene rings is 1. The fraction of sp³-hybridized carbons (Fsp3) is 0.588. The highest BCUT2D eigenvalue weighted by Gasteiger charge is 2.41. The third-order valence-corrected chi connectivity index (χ3v) is 5.10. The Kier molecular flexibility index (Phi) is 3.89. The lowest BCUT2D eigenvalue weighted by molar-refractivity contribution is -0.0795. The van der Waals surface area contributed by atoms with E-state index in [1.54, 1.807) is 0 Å². The molecule has 1 atom stereocenters. The minimum absolute atomic E-state index is 0.113. The fourth-order valence-electron chi connectivity index (χ4n) is 3.91. The number of anilines is 1. The quantitative estimate of drug-likeness (QED) is 0.664. The van der Waals surface area contributed by atoms with Gasteiger partial charge < -0.3 is 15.4 Å². The number of hydrogen-bond acceptors (Lipinski definition) is 3. The monoisotopic (exact) mass is 287 g/mol. The molecule has 1 aromatic rings. The van der Waals surface area contributed by atoms with Crippen molar-refractivity contribution >= 4 is 11.5 Å². The van der Waals surface area contributed by atoms with E-state index in [1.165, 1.54) is 25.7 Å². The van der Waals surface area contributed by atoms with E-state index in [9.17, 15) is 0 Å². The number of para-hydroxylation sites is 1. The van der Waals surface area contributed by atoms with Gasteiger partial charge in [-0.15, -0.1) is 0 Å². The van der Waals surface area contributed by atoms with Crippen LogP contribution in [0.4, 0.5) is 5.69 Å². The van der Waals surface area contributed by atoms with Crippen LogP contribution in [0.2, 0.25) is 0 Å². The third-order valence-electron chi connectivity index (χ3n) is 5.10. The standard InChI is InChI=1S/C17H25N3O/c1-20(15-7-3-2-6-14(15)16(18)19)13-8-11-21-17(12-13)9-4-5-10-17/h2-3,6-7,13H,4-5,8-12H2,1H3,(H3,18,19). The molecule has 1 saturated carbocycles. The highest BCUT2D eigenvalue weighted by atomic mass is 16.5. The molecule has 1 aliphatic carbocycles. The van der Waals surface area contributed by atoms with E-state index in [4.69, 9.17) is 15.9 Å². The topological polar surface area (TPSA) is 62.3 Å². The van der Waals surface area contributed by atoms with E-state index in [0.29, 0.717) is 6.04 Å². The summed E-state index contributed by atoms with van der Waals surface area (Å²) in [5.74, 6) is 0.139. The predicted octanol–water partition coefficient (Wildman–Crippen LogP) is 2.90. The summed E-state index contributed by atoms with van der Waals surface area (Å²) >= 11 is 0. The van der Waals surface area contributed by atoms with Crippen LogP contribution < -0.4 is 10.6 Å². The third kappa shape index (κ3) is 2.77. The number of nitrogens with two attached hydrogens (primary N) is 1. The van der Waals surface area contributed by atoms with Crippen molar-refractivity contribution in [3.05, 3.63) is 29.8 Å². The van der Waals surface area contributed by atoms with Crippen LogP contribution in [0.3, 0.4) is 0 Å². The summed E-state index contributed by atoms with van der Waals surface area (Å²) in [6, 6.07) is 8.42. The Morgan fingerprint density at radius 2 is 2.05 bits per heavy atom. The van der Waals surface area contributed by atoms with Crippen LogP contribution in [0, 0.1) is 5.41 Å². The molecule has 2 fully saturated rings. The molecule has 0 aromatic heterocycles. The Hall–Kier alpha value is -1.55. The fourth-order valence-corrected chi connectivity index (χ4v) is 3.91. The van der Waals surface area contributed by atoms with Gasteiger partial charge in [-0.05, 0) is 37.8 Å². The summed E-state index contributed by atoms with van der Waals surface area (Å²) in [5, 5.41) is 7.77. The molecule has 1 heterocycles. The molecule has 1 unspecified atom stereocenters. The lowest BCUT2D eigenvalue weighted by Crippen LogP contribution is -2.46. The van der Waals surface area contributed by atoms with Crippen molar-refractivity contribution in [2.24, 2.45) is 5.73 Å². The second kappa shape index (κ2) is 5.68. The molecule has 0 radical (unpaired) electrons. The van der Waals surface area contributed by atoms with Crippen molar-refractivity contribution in [3.8, 4) is 0 Å². The Morgan fingerprint density at radius 3 is 2.76 bits per heavy atom. The second-order valence-electron chi connectivity index (χ2n) is 6.43. The van der Waals surface area contributed by atoms with Crippen LogP contribution in [0.15, 0.2) is 24.3 Å². The number of amidine groups is 1. The van der Waals surface area contributed by atoms with Crippen LogP contribution in [0.1, 0.15) is 44.1 Å². The van der Waals surface area contributed by atoms with Crippen LogP contribution >= 0.6 is 0 Å². The minimum atomic E-state index is 0.113. The van der Waals surface area contributed by atoms with Gasteiger partial charge in [0.25, 0.3) is 0 Å².